The Hall–Kier alpha value is -3.35. The molecule has 0 bridgehead atoms. The summed E-state index contributed by atoms with van der Waals surface area (Å²) in [5.41, 5.74) is 0.875. The zero-order valence-electron chi connectivity index (χ0n) is 31.7. The van der Waals surface area contributed by atoms with Crippen LogP contribution in [0.1, 0.15) is 101 Å². The van der Waals surface area contributed by atoms with Gasteiger partial charge in [-0.3, -0.25) is 14.4 Å². The van der Waals surface area contributed by atoms with Crippen LogP contribution >= 0.6 is 11.6 Å². The second kappa shape index (κ2) is 36.5. The normalized spacial score (nSPS) is 19.2. The average molecular weight is 697 g/mol. The molecule has 0 aliphatic carbocycles. The van der Waals surface area contributed by atoms with Gasteiger partial charge in [-0.2, -0.15) is 0 Å². The number of allylic oxidation sites excluding steroid dienone is 8. The quantitative estimate of drug-likeness (QED) is 0.185. The molecule has 1 aliphatic heterocycles. The zero-order chi connectivity index (χ0) is 37.9. The molecule has 0 saturated carbocycles. The predicted octanol–water partition coefficient (Wildman–Crippen LogP) is 7.98. The van der Waals surface area contributed by atoms with E-state index in [9.17, 15) is 18.8 Å². The first-order valence-corrected chi connectivity index (χ1v) is 17.5. The van der Waals surface area contributed by atoms with E-state index >= 15 is 0 Å². The second-order valence-corrected chi connectivity index (χ2v) is 10.5. The molecule has 0 fully saturated rings. The SMILES string of the molecule is C#CC.C=C/C(Cl)=C\C=C\C.CC.CC.CCCC(CC)C1NCCOC(/C=C(\C)F)=C(/C)CCCNC(=O)CNC(=O)CN(C)C1=O. The number of hydrogen-bond donors (Lipinski definition) is 3. The van der Waals surface area contributed by atoms with Crippen molar-refractivity contribution >= 4 is 29.3 Å². The molecule has 0 aromatic carbocycles. The molecular formula is C38H66ClFN4O4. The molecule has 10 heteroatoms. The number of terminal acetylenes is 1. The first-order valence-electron chi connectivity index (χ1n) is 17.1. The topological polar surface area (TPSA) is 99.8 Å². The summed E-state index contributed by atoms with van der Waals surface area (Å²) in [6.45, 7) is 23.2. The second-order valence-electron chi connectivity index (χ2n) is 10.1. The molecule has 276 valence electrons. The van der Waals surface area contributed by atoms with Crippen LogP contribution in [0.25, 0.3) is 0 Å². The van der Waals surface area contributed by atoms with Gasteiger partial charge in [0.15, 0.2) is 0 Å². The molecule has 8 nitrogen and oxygen atoms in total. The molecular weight excluding hydrogens is 631 g/mol. The van der Waals surface area contributed by atoms with Crippen LogP contribution in [0.4, 0.5) is 4.39 Å². The van der Waals surface area contributed by atoms with Gasteiger partial charge >= 0.3 is 0 Å². The molecule has 0 radical (unpaired) electrons. The highest BCUT2D eigenvalue weighted by molar-refractivity contribution is 6.31. The van der Waals surface area contributed by atoms with E-state index in [2.05, 4.69) is 41.8 Å². The van der Waals surface area contributed by atoms with Crippen molar-refractivity contribution in [1.82, 2.24) is 20.9 Å². The minimum absolute atomic E-state index is 0.106. The number of halogens is 2. The maximum atomic E-state index is 13.6. The van der Waals surface area contributed by atoms with Crippen LogP contribution in [-0.4, -0.2) is 68.5 Å². The van der Waals surface area contributed by atoms with Gasteiger partial charge in [0.1, 0.15) is 18.2 Å². The first kappa shape index (κ1) is 51.5. The summed E-state index contributed by atoms with van der Waals surface area (Å²) in [6.07, 6.45) is 17.0. The van der Waals surface area contributed by atoms with Gasteiger partial charge in [-0.15, -0.1) is 12.3 Å². The summed E-state index contributed by atoms with van der Waals surface area (Å²) in [7, 11) is 1.59. The van der Waals surface area contributed by atoms with Crippen molar-refractivity contribution in [2.45, 2.75) is 107 Å². The lowest BCUT2D eigenvalue weighted by Gasteiger charge is -2.30. The summed E-state index contributed by atoms with van der Waals surface area (Å²) in [6, 6.07) is -0.467. The summed E-state index contributed by atoms with van der Waals surface area (Å²) in [4.78, 5) is 38.8. The van der Waals surface area contributed by atoms with Gasteiger partial charge in [0.2, 0.25) is 17.7 Å². The molecule has 0 aromatic heterocycles. The highest BCUT2D eigenvalue weighted by atomic mass is 35.5. The van der Waals surface area contributed by atoms with Crippen LogP contribution in [0.15, 0.2) is 59.2 Å². The van der Waals surface area contributed by atoms with Gasteiger partial charge < -0.3 is 25.6 Å². The van der Waals surface area contributed by atoms with E-state index in [1.54, 1.807) is 26.1 Å². The Balaban J connectivity index is -0.000000542. The Bertz CT molecular complexity index is 1040. The summed E-state index contributed by atoms with van der Waals surface area (Å²) < 4.78 is 19.4. The summed E-state index contributed by atoms with van der Waals surface area (Å²) in [5, 5.41) is 9.29. The van der Waals surface area contributed by atoms with Crippen molar-refractivity contribution in [1.29, 1.82) is 0 Å². The van der Waals surface area contributed by atoms with Crippen molar-refractivity contribution in [3.8, 4) is 12.3 Å². The number of nitrogens with zero attached hydrogens (tertiary/aromatic N) is 1. The number of nitrogens with one attached hydrogen (secondary N) is 3. The Morgan fingerprint density at radius 2 is 1.77 bits per heavy atom. The van der Waals surface area contributed by atoms with E-state index < -0.39 is 6.04 Å². The Morgan fingerprint density at radius 3 is 2.27 bits per heavy atom. The number of carbonyl (C=O) groups excluding carboxylic acids is 3. The Labute approximate surface area is 297 Å². The van der Waals surface area contributed by atoms with E-state index in [4.69, 9.17) is 16.3 Å². The fourth-order valence-electron chi connectivity index (χ4n) is 4.07. The fraction of sp³-hybridized carbons (Fsp3) is 0.605. The van der Waals surface area contributed by atoms with E-state index in [1.165, 1.54) is 17.9 Å². The maximum absolute atomic E-state index is 13.6. The zero-order valence-corrected chi connectivity index (χ0v) is 32.5. The van der Waals surface area contributed by atoms with Crippen molar-refractivity contribution in [2.24, 2.45) is 5.92 Å². The summed E-state index contributed by atoms with van der Waals surface area (Å²) >= 11 is 5.54. The summed E-state index contributed by atoms with van der Waals surface area (Å²) in [5.74, 6) is 1.61. The third kappa shape index (κ3) is 28.8. The van der Waals surface area contributed by atoms with E-state index in [-0.39, 0.29) is 49.2 Å². The molecule has 0 spiro atoms. The molecule has 1 rings (SSSR count). The predicted molar refractivity (Wildman–Crippen MR) is 203 cm³/mol. The average Bonchev–Trinajstić information content (AvgIpc) is 3.08. The van der Waals surface area contributed by atoms with Gasteiger partial charge in [-0.05, 0) is 64.5 Å². The number of carbonyl (C=O) groups is 3. The van der Waals surface area contributed by atoms with Gasteiger partial charge in [0.05, 0.1) is 19.1 Å². The molecule has 1 aliphatic rings. The molecule has 0 saturated heterocycles. The van der Waals surface area contributed by atoms with E-state index in [0.717, 1.165) is 24.8 Å². The Kier molecular flexibility index (Phi) is 39.1. The van der Waals surface area contributed by atoms with E-state index in [0.29, 0.717) is 36.7 Å². The fourth-order valence-corrected chi connectivity index (χ4v) is 4.14. The largest absolute Gasteiger partial charge is 0.492 e. The maximum Gasteiger partial charge on any atom is 0.240 e. The molecule has 48 heavy (non-hydrogen) atoms. The van der Waals surface area contributed by atoms with Crippen LogP contribution in [0.2, 0.25) is 0 Å². The monoisotopic (exact) mass is 696 g/mol. The highest BCUT2D eigenvalue weighted by Crippen LogP contribution is 2.19. The lowest BCUT2D eigenvalue weighted by Crippen LogP contribution is -2.52. The van der Waals surface area contributed by atoms with Crippen molar-refractivity contribution in [3.63, 3.8) is 0 Å². The Morgan fingerprint density at radius 1 is 1.17 bits per heavy atom. The smallest absolute Gasteiger partial charge is 0.240 e. The lowest BCUT2D eigenvalue weighted by atomic mass is 9.91. The lowest BCUT2D eigenvalue weighted by molar-refractivity contribution is -0.137. The molecule has 3 amide bonds. The molecule has 1 heterocycles. The minimum Gasteiger partial charge on any atom is -0.492 e. The van der Waals surface area contributed by atoms with Crippen LogP contribution in [0.3, 0.4) is 0 Å². The standard InChI is InChI=1S/C24H41FN4O4.C7H9Cl.C3H4.2C2H6/c1-6-9-19(7-2)23-24(32)29(5)16-22(31)28-15-21(30)26-11-8-10-17(3)20(14-18(4)25)33-13-12-27-23;1-3-5-6-7(8)4-2;1-3-2;2*1-2/h14,19,23,27H,6-13,15-16H2,1-5H3,(H,26,30)(H,28,31);3-6H,2H2,1H3;1H,2H3;2*1-2H3/b18-14+,20-17-;5-3+,7-6+;;;. The van der Waals surface area contributed by atoms with Crippen LogP contribution in [0.5, 0.6) is 0 Å². The van der Waals surface area contributed by atoms with Crippen LogP contribution in [0, 0.1) is 18.3 Å². The number of likely N-dealkylation sites (N-methyl/N-ethyl adjacent to an activating group) is 1. The number of ether oxygens (including phenoxy) is 1. The van der Waals surface area contributed by atoms with Crippen molar-refractivity contribution in [2.75, 3.05) is 39.8 Å². The number of hydrogen-bond acceptors (Lipinski definition) is 5. The number of amides is 3. The minimum atomic E-state index is -0.467. The molecule has 3 N–H and O–H groups in total. The third-order valence-electron chi connectivity index (χ3n) is 6.29. The highest BCUT2D eigenvalue weighted by Gasteiger charge is 2.29. The van der Waals surface area contributed by atoms with Gasteiger partial charge in [-0.1, -0.05) is 90.8 Å². The van der Waals surface area contributed by atoms with Crippen LogP contribution < -0.4 is 16.0 Å². The number of rotatable bonds is 7. The van der Waals surface area contributed by atoms with Gasteiger partial charge in [0, 0.05) is 31.2 Å². The van der Waals surface area contributed by atoms with Crippen molar-refractivity contribution in [3.05, 3.63) is 59.2 Å². The first-order chi connectivity index (χ1) is 22.9. The molecule has 0 aromatic rings. The molecule has 2 unspecified atom stereocenters. The van der Waals surface area contributed by atoms with Crippen LogP contribution in [-0.2, 0) is 19.1 Å². The van der Waals surface area contributed by atoms with Crippen molar-refractivity contribution < 1.29 is 23.5 Å². The van der Waals surface area contributed by atoms with Gasteiger partial charge in [-0.25, -0.2) is 4.39 Å². The van der Waals surface area contributed by atoms with Gasteiger partial charge in [0.25, 0.3) is 0 Å². The van der Waals surface area contributed by atoms with E-state index in [1.807, 2.05) is 60.6 Å². The molecule has 2 atom stereocenters. The third-order valence-corrected chi connectivity index (χ3v) is 6.57.